The summed E-state index contributed by atoms with van der Waals surface area (Å²) in [7, 11) is 0. The fourth-order valence-corrected chi connectivity index (χ4v) is 3.63. The Bertz CT molecular complexity index is 515. The zero-order valence-corrected chi connectivity index (χ0v) is 12.1. The summed E-state index contributed by atoms with van der Waals surface area (Å²) in [5.41, 5.74) is 0.931. The van der Waals surface area contributed by atoms with Crippen LogP contribution in [0.25, 0.3) is 0 Å². The molecule has 1 aromatic carbocycles. The van der Waals surface area contributed by atoms with Gasteiger partial charge < -0.3 is 4.74 Å². The lowest BCUT2D eigenvalue weighted by Crippen LogP contribution is -2.01. The highest BCUT2D eigenvalue weighted by atomic mass is 79.9. The fraction of sp³-hybridized carbons (Fsp3) is 0.167. The highest BCUT2D eigenvalue weighted by molar-refractivity contribution is 9.09. The molecule has 2 rings (SSSR count). The summed E-state index contributed by atoms with van der Waals surface area (Å²) < 4.78 is 28.3. The SMILES string of the molecule is FC(F)Oc1ccc(C(Br)c2sccc2Cl)cc1. The molecule has 18 heavy (non-hydrogen) atoms. The number of benzene rings is 1. The van der Waals surface area contributed by atoms with Crippen LogP contribution in [-0.2, 0) is 0 Å². The Labute approximate surface area is 120 Å². The number of hydrogen-bond donors (Lipinski definition) is 0. The van der Waals surface area contributed by atoms with Gasteiger partial charge in [-0.2, -0.15) is 8.78 Å². The lowest BCUT2D eigenvalue weighted by Gasteiger charge is -2.10. The Morgan fingerprint density at radius 1 is 1.17 bits per heavy atom. The molecule has 1 nitrogen and oxygen atoms in total. The van der Waals surface area contributed by atoms with Crippen LogP contribution in [0.15, 0.2) is 35.7 Å². The molecular weight excluding hydrogens is 346 g/mol. The van der Waals surface area contributed by atoms with Gasteiger partial charge >= 0.3 is 6.61 Å². The number of ether oxygens (including phenoxy) is 1. The summed E-state index contributed by atoms with van der Waals surface area (Å²) in [6.45, 7) is -2.80. The maximum Gasteiger partial charge on any atom is 0.387 e. The second-order valence-electron chi connectivity index (χ2n) is 3.44. The number of halogens is 4. The topological polar surface area (TPSA) is 9.23 Å². The average molecular weight is 354 g/mol. The van der Waals surface area contributed by atoms with Gasteiger partial charge in [0.05, 0.1) is 9.85 Å². The minimum atomic E-state index is -2.80. The first-order valence-electron chi connectivity index (χ1n) is 4.99. The van der Waals surface area contributed by atoms with Gasteiger partial charge in [-0.1, -0.05) is 39.7 Å². The van der Waals surface area contributed by atoms with Crippen molar-refractivity contribution in [2.45, 2.75) is 11.4 Å². The molecule has 6 heteroatoms. The molecule has 0 amide bonds. The van der Waals surface area contributed by atoms with E-state index < -0.39 is 6.61 Å². The molecule has 1 aromatic heterocycles. The molecule has 0 saturated heterocycles. The van der Waals surface area contributed by atoms with Crippen LogP contribution in [0.4, 0.5) is 8.78 Å². The second kappa shape index (κ2) is 5.99. The molecule has 0 N–H and O–H groups in total. The molecule has 0 bridgehead atoms. The fourth-order valence-electron chi connectivity index (χ4n) is 1.46. The van der Waals surface area contributed by atoms with Crippen LogP contribution in [0.5, 0.6) is 5.75 Å². The van der Waals surface area contributed by atoms with Gasteiger partial charge in [0.15, 0.2) is 0 Å². The van der Waals surface area contributed by atoms with Crippen LogP contribution < -0.4 is 4.74 Å². The van der Waals surface area contributed by atoms with Crippen molar-refractivity contribution in [2.24, 2.45) is 0 Å². The average Bonchev–Trinajstić information content (AvgIpc) is 2.75. The molecule has 0 saturated carbocycles. The Morgan fingerprint density at radius 2 is 1.83 bits per heavy atom. The molecule has 0 spiro atoms. The first-order valence-corrected chi connectivity index (χ1v) is 7.17. The summed E-state index contributed by atoms with van der Waals surface area (Å²) in [5, 5.41) is 2.59. The third kappa shape index (κ3) is 3.22. The van der Waals surface area contributed by atoms with Crippen molar-refractivity contribution in [1.82, 2.24) is 0 Å². The van der Waals surface area contributed by atoms with E-state index in [1.165, 1.54) is 23.5 Å². The maximum absolute atomic E-state index is 12.0. The zero-order chi connectivity index (χ0) is 13.1. The van der Waals surface area contributed by atoms with Gasteiger partial charge in [-0.05, 0) is 29.1 Å². The lowest BCUT2D eigenvalue weighted by atomic mass is 10.1. The van der Waals surface area contributed by atoms with Crippen molar-refractivity contribution in [3.05, 3.63) is 51.2 Å². The molecule has 1 heterocycles. The van der Waals surface area contributed by atoms with Gasteiger partial charge in [0, 0.05) is 4.88 Å². The van der Waals surface area contributed by atoms with Crippen molar-refractivity contribution >= 4 is 38.9 Å². The van der Waals surface area contributed by atoms with Gasteiger partial charge in [-0.25, -0.2) is 0 Å². The van der Waals surface area contributed by atoms with Crippen LogP contribution in [0.3, 0.4) is 0 Å². The predicted molar refractivity (Wildman–Crippen MR) is 73.2 cm³/mol. The molecule has 2 aromatic rings. The minimum absolute atomic E-state index is 0.0504. The van der Waals surface area contributed by atoms with Crippen LogP contribution in [-0.4, -0.2) is 6.61 Å². The second-order valence-corrected chi connectivity index (χ2v) is 5.71. The molecular formula is C12H8BrClF2OS. The Hall–Kier alpha value is -0.650. The normalized spacial score (nSPS) is 12.7. The van der Waals surface area contributed by atoms with Crippen molar-refractivity contribution in [3.8, 4) is 5.75 Å². The van der Waals surface area contributed by atoms with Crippen molar-refractivity contribution < 1.29 is 13.5 Å². The lowest BCUT2D eigenvalue weighted by molar-refractivity contribution is -0.0498. The number of alkyl halides is 3. The summed E-state index contributed by atoms with van der Waals surface area (Å²) in [5.74, 6) is 0.144. The molecule has 0 aliphatic rings. The highest BCUT2D eigenvalue weighted by Crippen LogP contribution is 2.39. The summed E-state index contributed by atoms with van der Waals surface area (Å²) in [4.78, 5) is 0.935. The summed E-state index contributed by atoms with van der Waals surface area (Å²) in [6.07, 6.45) is 0. The van der Waals surface area contributed by atoms with E-state index in [1.807, 2.05) is 11.4 Å². The van der Waals surface area contributed by atoms with Gasteiger partial charge in [-0.3, -0.25) is 0 Å². The van der Waals surface area contributed by atoms with E-state index in [2.05, 4.69) is 20.7 Å². The van der Waals surface area contributed by atoms with E-state index in [1.54, 1.807) is 12.1 Å². The van der Waals surface area contributed by atoms with Crippen molar-refractivity contribution in [1.29, 1.82) is 0 Å². The van der Waals surface area contributed by atoms with Gasteiger partial charge in [0.2, 0.25) is 0 Å². The van der Waals surface area contributed by atoms with E-state index in [4.69, 9.17) is 11.6 Å². The predicted octanol–water partition coefficient (Wildman–Crippen LogP) is 5.49. The molecule has 1 atom stereocenters. The Morgan fingerprint density at radius 3 is 2.33 bits per heavy atom. The van der Waals surface area contributed by atoms with Gasteiger partial charge in [0.25, 0.3) is 0 Å². The monoisotopic (exact) mass is 352 g/mol. The Kier molecular flexibility index (Phi) is 4.59. The maximum atomic E-state index is 12.0. The van der Waals surface area contributed by atoms with E-state index in [-0.39, 0.29) is 10.6 Å². The number of rotatable bonds is 4. The highest BCUT2D eigenvalue weighted by Gasteiger charge is 2.15. The van der Waals surface area contributed by atoms with Crippen molar-refractivity contribution in [3.63, 3.8) is 0 Å². The van der Waals surface area contributed by atoms with Crippen LogP contribution in [0.1, 0.15) is 15.3 Å². The third-order valence-corrected chi connectivity index (χ3v) is 4.99. The number of hydrogen-bond acceptors (Lipinski definition) is 2. The number of thiophene rings is 1. The zero-order valence-electron chi connectivity index (χ0n) is 8.95. The molecule has 0 fully saturated rings. The first-order chi connectivity index (χ1) is 8.58. The van der Waals surface area contributed by atoms with E-state index in [0.717, 1.165) is 10.4 Å². The quantitative estimate of drug-likeness (QED) is 0.661. The van der Waals surface area contributed by atoms with Gasteiger partial charge in [-0.15, -0.1) is 11.3 Å². The Balaban J connectivity index is 2.17. The minimum Gasteiger partial charge on any atom is -0.435 e. The molecule has 0 aliphatic heterocycles. The standard InChI is InChI=1S/C12H8BrClF2OS/c13-10(11-9(14)5-6-18-11)7-1-3-8(4-2-7)17-12(15)16/h1-6,10,12H. The molecule has 0 radical (unpaired) electrons. The third-order valence-electron chi connectivity index (χ3n) is 2.27. The molecule has 96 valence electrons. The van der Waals surface area contributed by atoms with E-state index >= 15 is 0 Å². The van der Waals surface area contributed by atoms with E-state index in [0.29, 0.717) is 5.02 Å². The van der Waals surface area contributed by atoms with Crippen molar-refractivity contribution in [2.75, 3.05) is 0 Å². The van der Waals surface area contributed by atoms with E-state index in [9.17, 15) is 8.78 Å². The molecule has 0 aliphatic carbocycles. The summed E-state index contributed by atoms with van der Waals surface area (Å²) >= 11 is 11.1. The molecule has 1 unspecified atom stereocenters. The van der Waals surface area contributed by atoms with Gasteiger partial charge in [0.1, 0.15) is 5.75 Å². The summed E-state index contributed by atoms with van der Waals surface area (Å²) in [6, 6.07) is 8.30. The van der Waals surface area contributed by atoms with Crippen LogP contribution in [0.2, 0.25) is 5.02 Å². The van der Waals surface area contributed by atoms with Crippen LogP contribution in [0, 0.1) is 0 Å². The first kappa shape index (κ1) is 13.8. The largest absolute Gasteiger partial charge is 0.435 e. The van der Waals surface area contributed by atoms with Crippen LogP contribution >= 0.6 is 38.9 Å². The smallest absolute Gasteiger partial charge is 0.387 e.